The van der Waals surface area contributed by atoms with Gasteiger partial charge in [0.25, 0.3) is 0 Å². The van der Waals surface area contributed by atoms with Gasteiger partial charge in [0.1, 0.15) is 30.3 Å². The molecule has 1 N–H and O–H groups in total. The summed E-state index contributed by atoms with van der Waals surface area (Å²) >= 11 is 4.79. The average molecular weight is 412 g/mol. The SMILES string of the molecule is Cc1cc(N=S)cc2ncnc(Nc3ccc(F)cc3OCC3CCCCO3)c12. The number of nitrogens with one attached hydrogen (secondary N) is 1. The maximum absolute atomic E-state index is 13.9. The van der Waals surface area contributed by atoms with Gasteiger partial charge in [-0.1, -0.05) is 0 Å². The zero-order chi connectivity index (χ0) is 20.2. The van der Waals surface area contributed by atoms with Crippen LogP contribution in [0, 0.1) is 12.7 Å². The molecule has 1 saturated heterocycles. The number of fused-ring (bicyclic) bond motifs is 1. The first kappa shape index (κ1) is 19.6. The summed E-state index contributed by atoms with van der Waals surface area (Å²) in [7, 11) is 0. The molecule has 0 amide bonds. The molecule has 4 rings (SSSR count). The van der Waals surface area contributed by atoms with Crippen LogP contribution in [0.5, 0.6) is 5.75 Å². The number of benzene rings is 2. The van der Waals surface area contributed by atoms with Crippen LogP contribution in [0.3, 0.4) is 0 Å². The minimum absolute atomic E-state index is 0.0301. The fraction of sp³-hybridized carbons (Fsp3) is 0.333. The number of ether oxygens (including phenoxy) is 2. The number of aromatic nitrogens is 2. The fourth-order valence-corrected chi connectivity index (χ4v) is 3.59. The van der Waals surface area contributed by atoms with Gasteiger partial charge in [0.05, 0.1) is 23.0 Å². The minimum atomic E-state index is -0.365. The van der Waals surface area contributed by atoms with Crippen molar-refractivity contribution in [3.63, 3.8) is 0 Å². The molecule has 0 bridgehead atoms. The number of hydrogen-bond donors (Lipinski definition) is 1. The summed E-state index contributed by atoms with van der Waals surface area (Å²) in [6, 6.07) is 8.09. The largest absolute Gasteiger partial charge is 0.489 e. The Balaban J connectivity index is 1.63. The zero-order valence-corrected chi connectivity index (χ0v) is 16.8. The molecule has 2 aromatic carbocycles. The Morgan fingerprint density at radius 3 is 2.97 bits per heavy atom. The average Bonchev–Trinajstić information content (AvgIpc) is 2.74. The standard InChI is InChI=1S/C21H21FN4O2S/c1-13-8-15(26-29)10-18-20(13)21(24-12-23-18)25-17-6-5-14(22)9-19(17)28-11-16-4-2-3-7-27-16/h5-6,8-10,12,16H,2-4,7,11H2,1H3,(H,23,24,25). The third kappa shape index (κ3) is 4.49. The van der Waals surface area contributed by atoms with Crippen molar-refractivity contribution >= 4 is 40.5 Å². The highest BCUT2D eigenvalue weighted by Gasteiger charge is 2.17. The van der Waals surface area contributed by atoms with E-state index in [0.717, 1.165) is 42.3 Å². The third-order valence-electron chi connectivity index (χ3n) is 4.92. The van der Waals surface area contributed by atoms with Gasteiger partial charge in [-0.3, -0.25) is 0 Å². The van der Waals surface area contributed by atoms with E-state index in [2.05, 4.69) is 19.6 Å². The molecule has 1 atom stereocenters. The van der Waals surface area contributed by atoms with Crippen molar-refractivity contribution < 1.29 is 13.9 Å². The van der Waals surface area contributed by atoms with Crippen molar-refractivity contribution in [2.24, 2.45) is 4.36 Å². The van der Waals surface area contributed by atoms with Gasteiger partial charge in [0.15, 0.2) is 0 Å². The summed E-state index contributed by atoms with van der Waals surface area (Å²) in [6.45, 7) is 3.07. The summed E-state index contributed by atoms with van der Waals surface area (Å²) in [5, 5.41) is 4.12. The molecule has 150 valence electrons. The Labute approximate surface area is 173 Å². The first-order valence-electron chi connectivity index (χ1n) is 9.54. The lowest BCUT2D eigenvalue weighted by Gasteiger charge is -2.23. The van der Waals surface area contributed by atoms with Crippen molar-refractivity contribution in [2.45, 2.75) is 32.3 Å². The monoisotopic (exact) mass is 412 g/mol. The van der Waals surface area contributed by atoms with Crippen LogP contribution in [0.25, 0.3) is 10.9 Å². The lowest BCUT2D eigenvalue weighted by atomic mass is 10.1. The molecule has 0 spiro atoms. The molecule has 6 nitrogen and oxygen atoms in total. The van der Waals surface area contributed by atoms with Crippen LogP contribution in [0.2, 0.25) is 0 Å². The second-order valence-corrected chi connectivity index (χ2v) is 7.22. The van der Waals surface area contributed by atoms with Gasteiger partial charge in [0, 0.05) is 30.5 Å². The predicted octanol–water partition coefficient (Wildman–Crippen LogP) is 5.13. The van der Waals surface area contributed by atoms with Gasteiger partial charge in [-0.2, -0.15) is 4.36 Å². The van der Waals surface area contributed by atoms with E-state index in [-0.39, 0.29) is 11.9 Å². The highest BCUT2D eigenvalue weighted by molar-refractivity contribution is 7.47. The van der Waals surface area contributed by atoms with Crippen molar-refractivity contribution in [1.29, 1.82) is 0 Å². The molecule has 1 unspecified atom stereocenters. The highest BCUT2D eigenvalue weighted by atomic mass is 32.1. The zero-order valence-electron chi connectivity index (χ0n) is 16.0. The van der Waals surface area contributed by atoms with Crippen molar-refractivity contribution in [2.75, 3.05) is 18.5 Å². The summed E-state index contributed by atoms with van der Waals surface area (Å²) in [5.41, 5.74) is 2.97. The van der Waals surface area contributed by atoms with Gasteiger partial charge in [-0.25, -0.2) is 14.4 Å². The molecule has 2 heterocycles. The van der Waals surface area contributed by atoms with Gasteiger partial charge in [0.2, 0.25) is 0 Å². The van der Waals surface area contributed by atoms with Crippen molar-refractivity contribution in [1.82, 2.24) is 9.97 Å². The van der Waals surface area contributed by atoms with E-state index in [4.69, 9.17) is 21.9 Å². The number of halogens is 1. The first-order valence-corrected chi connectivity index (χ1v) is 9.90. The van der Waals surface area contributed by atoms with E-state index in [1.54, 1.807) is 6.07 Å². The molecule has 3 aromatic rings. The number of rotatable bonds is 6. The third-order valence-corrected chi connectivity index (χ3v) is 5.13. The molecule has 1 aliphatic rings. The van der Waals surface area contributed by atoms with Crippen molar-refractivity contribution in [3.05, 3.63) is 48.0 Å². The highest BCUT2D eigenvalue weighted by Crippen LogP contribution is 2.33. The van der Waals surface area contributed by atoms with E-state index in [9.17, 15) is 4.39 Å². The topological polar surface area (TPSA) is 68.6 Å². The maximum Gasteiger partial charge on any atom is 0.145 e. The Morgan fingerprint density at radius 1 is 1.28 bits per heavy atom. The number of anilines is 2. The first-order chi connectivity index (χ1) is 14.1. The van der Waals surface area contributed by atoms with Gasteiger partial charge in [-0.15, -0.1) is 0 Å². The van der Waals surface area contributed by atoms with E-state index in [1.165, 1.54) is 18.5 Å². The van der Waals surface area contributed by atoms with E-state index >= 15 is 0 Å². The van der Waals surface area contributed by atoms with Crippen LogP contribution < -0.4 is 10.1 Å². The molecule has 29 heavy (non-hydrogen) atoms. The van der Waals surface area contributed by atoms with Gasteiger partial charge in [-0.05, 0) is 56.0 Å². The van der Waals surface area contributed by atoms with E-state index in [0.29, 0.717) is 29.5 Å². The molecule has 1 aliphatic heterocycles. The maximum atomic E-state index is 13.9. The van der Waals surface area contributed by atoms with E-state index < -0.39 is 0 Å². The summed E-state index contributed by atoms with van der Waals surface area (Å²) in [4.78, 5) is 8.70. The molecular formula is C21H21FN4O2S. The van der Waals surface area contributed by atoms with Crippen LogP contribution in [0.1, 0.15) is 24.8 Å². The predicted molar refractivity (Wildman–Crippen MR) is 112 cm³/mol. The molecule has 0 radical (unpaired) electrons. The Morgan fingerprint density at radius 2 is 2.17 bits per heavy atom. The smallest absolute Gasteiger partial charge is 0.145 e. The molecular weight excluding hydrogens is 391 g/mol. The second kappa shape index (κ2) is 8.75. The molecule has 1 fully saturated rings. The summed E-state index contributed by atoms with van der Waals surface area (Å²) < 4.78 is 29.3. The van der Waals surface area contributed by atoms with Crippen LogP contribution in [0.15, 0.2) is 41.0 Å². The normalized spacial score (nSPS) is 16.6. The van der Waals surface area contributed by atoms with Crippen LogP contribution in [-0.2, 0) is 17.2 Å². The second-order valence-electron chi connectivity index (χ2n) is 7.04. The Bertz CT molecular complexity index is 1040. The molecule has 0 aliphatic carbocycles. The lowest BCUT2D eigenvalue weighted by molar-refractivity contribution is -0.0109. The van der Waals surface area contributed by atoms with Gasteiger partial charge < -0.3 is 14.8 Å². The van der Waals surface area contributed by atoms with Gasteiger partial charge >= 0.3 is 0 Å². The summed E-state index contributed by atoms with van der Waals surface area (Å²) in [6.07, 6.45) is 4.64. The Kier molecular flexibility index (Phi) is 5.92. The lowest BCUT2D eigenvalue weighted by Crippen LogP contribution is -2.26. The van der Waals surface area contributed by atoms with Crippen LogP contribution in [0.4, 0.5) is 21.6 Å². The number of aryl methyl sites for hydroxylation is 1. The quantitative estimate of drug-likeness (QED) is 0.605. The minimum Gasteiger partial charge on any atom is -0.489 e. The fourth-order valence-electron chi connectivity index (χ4n) is 3.49. The molecule has 1 aromatic heterocycles. The number of hydrogen-bond acceptors (Lipinski definition) is 7. The van der Waals surface area contributed by atoms with E-state index in [1.807, 2.05) is 19.1 Å². The Hall–Kier alpha value is -2.71. The van der Waals surface area contributed by atoms with Crippen molar-refractivity contribution in [3.8, 4) is 5.75 Å². The number of nitrogens with zero attached hydrogens (tertiary/aromatic N) is 3. The summed E-state index contributed by atoms with van der Waals surface area (Å²) in [5.74, 6) is 0.657. The van der Waals surface area contributed by atoms with Crippen LogP contribution in [-0.4, -0.2) is 29.3 Å². The molecule has 8 heteroatoms. The van der Waals surface area contributed by atoms with Crippen LogP contribution >= 0.6 is 0 Å². The molecule has 0 saturated carbocycles.